The summed E-state index contributed by atoms with van der Waals surface area (Å²) in [5.41, 5.74) is 6.60. The first kappa shape index (κ1) is 23.2. The molecule has 0 aliphatic carbocycles. The van der Waals surface area contributed by atoms with E-state index < -0.39 is 0 Å². The number of rotatable bonds is 7. The number of para-hydroxylation sites is 1. The molecule has 2 saturated heterocycles. The molecule has 0 radical (unpaired) electrons. The summed E-state index contributed by atoms with van der Waals surface area (Å²) in [6.07, 6.45) is 11.8. The third-order valence-corrected chi connectivity index (χ3v) is 7.74. The van der Waals surface area contributed by atoms with Crippen LogP contribution in [0.4, 0.5) is 5.69 Å². The Kier molecular flexibility index (Phi) is 6.13. The Bertz CT molecular complexity index is 1560. The van der Waals surface area contributed by atoms with Gasteiger partial charge in [-0.15, -0.1) is 0 Å². The molecular weight excluding hydrogens is 476 g/mol. The maximum Gasteiger partial charge on any atom is 0.159 e. The number of fused-ring (bicyclic) bond motifs is 2. The summed E-state index contributed by atoms with van der Waals surface area (Å²) >= 11 is 0. The van der Waals surface area contributed by atoms with Gasteiger partial charge in [0.1, 0.15) is 23.6 Å². The maximum absolute atomic E-state index is 6.02. The highest BCUT2D eigenvalue weighted by atomic mass is 16.5. The van der Waals surface area contributed by atoms with Gasteiger partial charge in [-0.25, -0.2) is 4.98 Å². The van der Waals surface area contributed by atoms with Crippen molar-refractivity contribution < 1.29 is 4.74 Å². The minimum Gasteiger partial charge on any atom is -0.491 e. The summed E-state index contributed by atoms with van der Waals surface area (Å²) in [5, 5.41) is 8.71. The minimum absolute atomic E-state index is 0.662. The van der Waals surface area contributed by atoms with Gasteiger partial charge in [0.25, 0.3) is 0 Å². The molecule has 9 heteroatoms. The van der Waals surface area contributed by atoms with Crippen LogP contribution in [-0.2, 0) is 0 Å². The third kappa shape index (κ3) is 4.47. The molecule has 194 valence electrons. The second-order valence-electron chi connectivity index (χ2n) is 10.3. The highest BCUT2D eigenvalue weighted by Crippen LogP contribution is 2.33. The number of ether oxygens (including phenoxy) is 1. The lowest BCUT2D eigenvalue weighted by Gasteiger charge is -2.28. The Morgan fingerprint density at radius 2 is 1.76 bits per heavy atom. The number of aromatic nitrogens is 6. The second-order valence-corrected chi connectivity index (χ2v) is 10.3. The molecule has 0 amide bonds. The van der Waals surface area contributed by atoms with Crippen molar-refractivity contribution in [2.75, 3.05) is 44.2 Å². The number of pyridine rings is 2. The van der Waals surface area contributed by atoms with Crippen LogP contribution in [-0.4, -0.2) is 74.4 Å². The van der Waals surface area contributed by atoms with E-state index in [2.05, 4.69) is 59.2 Å². The van der Waals surface area contributed by atoms with Crippen LogP contribution in [0.2, 0.25) is 0 Å². The number of aromatic amines is 2. The summed E-state index contributed by atoms with van der Waals surface area (Å²) in [5.74, 6) is 1.52. The number of piperidine rings is 1. The summed E-state index contributed by atoms with van der Waals surface area (Å²) in [4.78, 5) is 22.5. The Hall–Kier alpha value is -3.98. The van der Waals surface area contributed by atoms with Crippen LogP contribution >= 0.6 is 0 Å². The Morgan fingerprint density at radius 1 is 0.895 bits per heavy atom. The Labute approximate surface area is 221 Å². The molecule has 0 spiro atoms. The van der Waals surface area contributed by atoms with Gasteiger partial charge in [-0.3, -0.25) is 20.0 Å². The molecule has 0 unspecified atom stereocenters. The van der Waals surface area contributed by atoms with Gasteiger partial charge in [0.15, 0.2) is 5.82 Å². The summed E-state index contributed by atoms with van der Waals surface area (Å²) in [6.45, 7) is 6.11. The van der Waals surface area contributed by atoms with Crippen LogP contribution in [0.15, 0.2) is 48.9 Å². The molecule has 2 fully saturated rings. The molecule has 0 bridgehead atoms. The first-order chi connectivity index (χ1) is 18.8. The monoisotopic (exact) mass is 508 g/mol. The van der Waals surface area contributed by atoms with Gasteiger partial charge < -0.3 is 14.6 Å². The van der Waals surface area contributed by atoms with Gasteiger partial charge >= 0.3 is 0 Å². The maximum atomic E-state index is 6.02. The summed E-state index contributed by atoms with van der Waals surface area (Å²) in [7, 11) is 0. The van der Waals surface area contributed by atoms with E-state index in [-0.39, 0.29) is 0 Å². The minimum atomic E-state index is 0.662. The van der Waals surface area contributed by atoms with Crippen LogP contribution in [0.25, 0.3) is 44.7 Å². The number of benzene rings is 1. The van der Waals surface area contributed by atoms with Crippen molar-refractivity contribution in [2.45, 2.75) is 32.1 Å². The zero-order valence-electron chi connectivity index (χ0n) is 21.5. The summed E-state index contributed by atoms with van der Waals surface area (Å²) in [6, 6.07) is 10.4. The number of hydrogen-bond donors (Lipinski definition) is 2. The fourth-order valence-electron chi connectivity index (χ4n) is 5.71. The molecule has 5 aromatic rings. The van der Waals surface area contributed by atoms with Crippen LogP contribution in [0.1, 0.15) is 32.1 Å². The van der Waals surface area contributed by atoms with Gasteiger partial charge in [0.05, 0.1) is 34.8 Å². The topological polar surface area (TPSA) is 98.8 Å². The molecule has 2 aliphatic rings. The first-order valence-electron chi connectivity index (χ1n) is 13.7. The van der Waals surface area contributed by atoms with Crippen molar-refractivity contribution in [1.82, 2.24) is 35.0 Å². The van der Waals surface area contributed by atoms with Crippen LogP contribution in [0.5, 0.6) is 5.75 Å². The Morgan fingerprint density at radius 3 is 2.66 bits per heavy atom. The van der Waals surface area contributed by atoms with Crippen molar-refractivity contribution >= 4 is 27.6 Å². The number of nitrogens with zero attached hydrogens (tertiary/aromatic N) is 6. The van der Waals surface area contributed by atoms with Crippen molar-refractivity contribution in [2.24, 2.45) is 0 Å². The average molecular weight is 509 g/mol. The molecule has 2 aliphatic heterocycles. The lowest BCUT2D eigenvalue weighted by Crippen LogP contribution is -2.29. The van der Waals surface area contributed by atoms with Crippen molar-refractivity contribution in [3.8, 4) is 28.5 Å². The fraction of sp³-hybridized carbons (Fsp3) is 0.379. The van der Waals surface area contributed by atoms with Crippen LogP contribution in [0.3, 0.4) is 0 Å². The van der Waals surface area contributed by atoms with Crippen LogP contribution < -0.4 is 9.64 Å². The zero-order chi connectivity index (χ0) is 25.3. The zero-order valence-corrected chi connectivity index (χ0v) is 21.5. The summed E-state index contributed by atoms with van der Waals surface area (Å²) < 4.78 is 6.02. The second kappa shape index (κ2) is 10.1. The standard InChI is InChI=1S/C29H32N8O/c1-2-11-37(12-3-1)26-8-6-7-23-28(26)33-29(32-23)27-22-16-24(31-19-25(22)34-35-27)20-15-21(18-30-17-20)38-14-13-36-9-4-5-10-36/h6-8,15-19H,1-5,9-14H2,(H,32,33)(H,34,35). The highest BCUT2D eigenvalue weighted by Gasteiger charge is 2.19. The third-order valence-electron chi connectivity index (χ3n) is 7.74. The number of H-pyrrole nitrogens is 2. The lowest BCUT2D eigenvalue weighted by atomic mass is 10.1. The molecule has 0 saturated carbocycles. The number of nitrogens with one attached hydrogen (secondary N) is 2. The molecule has 4 aromatic heterocycles. The van der Waals surface area contributed by atoms with E-state index in [1.165, 1.54) is 50.9 Å². The number of hydrogen-bond acceptors (Lipinski definition) is 7. The number of imidazole rings is 1. The molecule has 0 atom stereocenters. The quantitative estimate of drug-likeness (QED) is 0.318. The van der Waals surface area contributed by atoms with Gasteiger partial charge in [-0.2, -0.15) is 5.10 Å². The molecule has 38 heavy (non-hydrogen) atoms. The van der Waals surface area contributed by atoms with Gasteiger partial charge in [0.2, 0.25) is 0 Å². The smallest absolute Gasteiger partial charge is 0.159 e. The van der Waals surface area contributed by atoms with E-state index in [4.69, 9.17) is 9.72 Å². The molecule has 1 aromatic carbocycles. The average Bonchev–Trinajstić information content (AvgIpc) is 3.73. The van der Waals surface area contributed by atoms with E-state index >= 15 is 0 Å². The number of anilines is 1. The molecule has 2 N–H and O–H groups in total. The van der Waals surface area contributed by atoms with E-state index in [0.717, 1.165) is 70.1 Å². The van der Waals surface area contributed by atoms with Gasteiger partial charge in [-0.1, -0.05) is 6.07 Å². The van der Waals surface area contributed by atoms with E-state index in [1.54, 1.807) is 6.20 Å². The Balaban J connectivity index is 1.18. The van der Waals surface area contributed by atoms with Crippen molar-refractivity contribution in [1.29, 1.82) is 0 Å². The lowest BCUT2D eigenvalue weighted by molar-refractivity contribution is 0.237. The van der Waals surface area contributed by atoms with Crippen molar-refractivity contribution in [3.63, 3.8) is 0 Å². The largest absolute Gasteiger partial charge is 0.491 e. The normalized spacial score (nSPS) is 16.6. The number of likely N-dealkylation sites (tertiary alicyclic amines) is 1. The first-order valence-corrected chi connectivity index (χ1v) is 13.7. The molecule has 6 heterocycles. The highest BCUT2D eigenvalue weighted by molar-refractivity contribution is 5.96. The van der Waals surface area contributed by atoms with E-state index in [1.807, 2.05) is 18.5 Å². The SMILES string of the molecule is c1cc(N2CCCCC2)c2nc(-c3n[nH]c4cnc(-c5cncc(OCCN6CCCC6)c5)cc34)[nH]c2c1. The van der Waals surface area contributed by atoms with E-state index in [0.29, 0.717) is 6.61 Å². The van der Waals surface area contributed by atoms with E-state index in [9.17, 15) is 0 Å². The predicted octanol–water partition coefficient (Wildman–Crippen LogP) is 5.03. The van der Waals surface area contributed by atoms with Gasteiger partial charge in [-0.05, 0) is 69.5 Å². The molecule has 9 nitrogen and oxygen atoms in total. The van der Waals surface area contributed by atoms with Crippen molar-refractivity contribution in [3.05, 3.63) is 48.9 Å². The van der Waals surface area contributed by atoms with Gasteiger partial charge in [0, 0.05) is 36.8 Å². The predicted molar refractivity (Wildman–Crippen MR) is 149 cm³/mol. The molecular formula is C29H32N8O. The molecule has 7 rings (SSSR count). The fourth-order valence-corrected chi connectivity index (χ4v) is 5.71. The van der Waals surface area contributed by atoms with Crippen LogP contribution in [0, 0.1) is 0 Å².